The van der Waals surface area contributed by atoms with Crippen LogP contribution in [0.25, 0.3) is 0 Å². The van der Waals surface area contributed by atoms with E-state index >= 15 is 0 Å². The molecule has 0 saturated heterocycles. The van der Waals surface area contributed by atoms with E-state index < -0.39 is 0 Å². The molecule has 1 aromatic carbocycles. The Morgan fingerprint density at radius 3 is 3.44 bits per heavy atom. The molecule has 0 unspecified atom stereocenters. The van der Waals surface area contributed by atoms with Crippen LogP contribution in [0.2, 0.25) is 0 Å². The zero-order chi connectivity index (χ0) is 6.97. The lowest BCUT2D eigenvalue weighted by Gasteiger charge is -1.94. The van der Waals surface area contributed by atoms with Crippen LogP contribution < -0.4 is 5.32 Å². The molecule has 1 nitrogen and oxygen atoms in total. The van der Waals surface area contributed by atoms with Crippen molar-refractivity contribution < 1.29 is 1.37 Å². The molecular weight excluding hydrogens is 110 g/mol. The quantitative estimate of drug-likeness (QED) is 0.549. The average molecular weight is 120 g/mol. The van der Waals surface area contributed by atoms with Gasteiger partial charge in [0.1, 0.15) is 0 Å². The molecular formula is C8H9N. The van der Waals surface area contributed by atoms with Crippen LogP contribution in [-0.2, 0) is 6.42 Å². The molecule has 0 spiro atoms. The Morgan fingerprint density at radius 1 is 1.56 bits per heavy atom. The molecule has 0 aromatic heterocycles. The maximum Gasteiger partial charge on any atom is 0.0645 e. The molecule has 0 amide bonds. The van der Waals surface area contributed by atoms with Gasteiger partial charge in [-0.15, -0.1) is 0 Å². The zero-order valence-corrected chi connectivity index (χ0v) is 5.15. The standard InChI is InChI=1S/C8H9N/c1-2-4-8-7(3-1)5-6-9-8/h1-4,9H,5-6H2/i4D. The highest BCUT2D eigenvalue weighted by atomic mass is 14.9. The van der Waals surface area contributed by atoms with E-state index in [4.69, 9.17) is 1.37 Å². The third-order valence-corrected chi connectivity index (χ3v) is 1.64. The molecule has 0 saturated carbocycles. The molecule has 1 N–H and O–H groups in total. The molecule has 0 bridgehead atoms. The van der Waals surface area contributed by atoms with Gasteiger partial charge in [-0.1, -0.05) is 18.2 Å². The van der Waals surface area contributed by atoms with Crippen LogP contribution in [0, 0.1) is 0 Å². The van der Waals surface area contributed by atoms with Crippen molar-refractivity contribution in [1.29, 1.82) is 0 Å². The van der Waals surface area contributed by atoms with Gasteiger partial charge in [-0.2, -0.15) is 0 Å². The van der Waals surface area contributed by atoms with E-state index in [9.17, 15) is 0 Å². The highest BCUT2D eigenvalue weighted by molar-refractivity contribution is 5.54. The summed E-state index contributed by atoms with van der Waals surface area (Å²) >= 11 is 0. The fraction of sp³-hybridized carbons (Fsp3) is 0.250. The van der Waals surface area contributed by atoms with Crippen molar-refractivity contribution in [2.45, 2.75) is 6.42 Å². The molecule has 1 heterocycles. The van der Waals surface area contributed by atoms with E-state index in [0.717, 1.165) is 18.7 Å². The summed E-state index contributed by atoms with van der Waals surface area (Å²) < 4.78 is 7.49. The fourth-order valence-electron chi connectivity index (χ4n) is 1.17. The van der Waals surface area contributed by atoms with Gasteiger partial charge in [0.05, 0.1) is 1.37 Å². The summed E-state index contributed by atoms with van der Waals surface area (Å²) in [6.07, 6.45) is 1.07. The van der Waals surface area contributed by atoms with Gasteiger partial charge in [-0.05, 0) is 18.0 Å². The third-order valence-electron chi connectivity index (χ3n) is 1.64. The molecule has 0 aliphatic carbocycles. The van der Waals surface area contributed by atoms with Crippen molar-refractivity contribution >= 4 is 5.69 Å². The van der Waals surface area contributed by atoms with Crippen LogP contribution in [0.1, 0.15) is 6.93 Å². The molecule has 1 aliphatic rings. The number of anilines is 1. The number of benzene rings is 1. The Bertz CT molecular complexity index is 257. The summed E-state index contributed by atoms with van der Waals surface area (Å²) in [5, 5.41) is 3.18. The first-order valence-electron chi connectivity index (χ1n) is 3.70. The molecule has 2 rings (SSSR count). The highest BCUT2D eigenvalue weighted by Gasteiger charge is 2.05. The van der Waals surface area contributed by atoms with Gasteiger partial charge in [-0.25, -0.2) is 0 Å². The Hall–Kier alpha value is -0.980. The SMILES string of the molecule is [2H]c1cccc2c1NCC2. The van der Waals surface area contributed by atoms with E-state index in [1.165, 1.54) is 5.56 Å². The van der Waals surface area contributed by atoms with Gasteiger partial charge in [0.2, 0.25) is 0 Å². The first-order valence-corrected chi connectivity index (χ1v) is 3.20. The largest absolute Gasteiger partial charge is 0.384 e. The van der Waals surface area contributed by atoms with Crippen LogP contribution in [0.3, 0.4) is 0 Å². The number of hydrogen-bond donors (Lipinski definition) is 1. The van der Waals surface area contributed by atoms with Crippen LogP contribution >= 0.6 is 0 Å². The smallest absolute Gasteiger partial charge is 0.0645 e. The predicted molar refractivity (Wildman–Crippen MR) is 38.6 cm³/mol. The maximum atomic E-state index is 7.49. The summed E-state index contributed by atoms with van der Waals surface area (Å²) in [6, 6.07) is 6.45. The van der Waals surface area contributed by atoms with E-state index in [1.807, 2.05) is 12.1 Å². The summed E-state index contributed by atoms with van der Waals surface area (Å²) in [5.41, 5.74) is 2.31. The van der Waals surface area contributed by atoms with E-state index in [1.54, 1.807) is 0 Å². The lowest BCUT2D eigenvalue weighted by Crippen LogP contribution is -1.90. The summed E-state index contributed by atoms with van der Waals surface area (Å²) in [7, 11) is 0. The second-order valence-corrected chi connectivity index (χ2v) is 2.25. The number of hydrogen-bond acceptors (Lipinski definition) is 1. The summed E-state index contributed by atoms with van der Waals surface area (Å²) in [5.74, 6) is 0. The summed E-state index contributed by atoms with van der Waals surface area (Å²) in [4.78, 5) is 0. The van der Waals surface area contributed by atoms with Gasteiger partial charge in [0, 0.05) is 12.2 Å². The van der Waals surface area contributed by atoms with Gasteiger partial charge < -0.3 is 5.32 Å². The van der Waals surface area contributed by atoms with Crippen LogP contribution in [-0.4, -0.2) is 6.54 Å². The fourth-order valence-corrected chi connectivity index (χ4v) is 1.17. The van der Waals surface area contributed by atoms with E-state index in [0.29, 0.717) is 6.04 Å². The van der Waals surface area contributed by atoms with Crippen LogP contribution in [0.15, 0.2) is 24.2 Å². The molecule has 0 atom stereocenters. The number of fused-ring (bicyclic) bond motifs is 1. The minimum Gasteiger partial charge on any atom is -0.384 e. The number of rotatable bonds is 0. The van der Waals surface area contributed by atoms with Crippen molar-refractivity contribution in [3.63, 3.8) is 0 Å². The van der Waals surface area contributed by atoms with Gasteiger partial charge >= 0.3 is 0 Å². The first-order chi connectivity index (χ1) is 4.88. The predicted octanol–water partition coefficient (Wildman–Crippen LogP) is 1.65. The van der Waals surface area contributed by atoms with Crippen molar-refractivity contribution in [3.8, 4) is 0 Å². The van der Waals surface area contributed by atoms with Crippen molar-refractivity contribution in [2.75, 3.05) is 11.9 Å². The second kappa shape index (κ2) is 1.76. The normalized spacial score (nSPS) is 16.2. The first kappa shape index (κ1) is 3.94. The number of nitrogens with one attached hydrogen (secondary N) is 1. The molecule has 46 valence electrons. The van der Waals surface area contributed by atoms with Crippen LogP contribution in [0.4, 0.5) is 5.69 Å². The molecule has 0 fully saturated rings. The van der Waals surface area contributed by atoms with Crippen molar-refractivity contribution in [3.05, 3.63) is 29.8 Å². The van der Waals surface area contributed by atoms with E-state index in [-0.39, 0.29) is 0 Å². The van der Waals surface area contributed by atoms with Crippen molar-refractivity contribution in [1.82, 2.24) is 0 Å². The van der Waals surface area contributed by atoms with Crippen molar-refractivity contribution in [2.24, 2.45) is 0 Å². The minimum absolute atomic E-state index is 0.620. The minimum atomic E-state index is 0.620. The Morgan fingerprint density at radius 2 is 2.56 bits per heavy atom. The van der Waals surface area contributed by atoms with Gasteiger partial charge in [-0.3, -0.25) is 0 Å². The monoisotopic (exact) mass is 120 g/mol. The number of para-hydroxylation sites is 1. The Kier molecular flexibility index (Phi) is 0.770. The topological polar surface area (TPSA) is 12.0 Å². The molecule has 1 aromatic rings. The lowest BCUT2D eigenvalue weighted by atomic mass is 10.2. The lowest BCUT2D eigenvalue weighted by molar-refractivity contribution is 1.11. The molecule has 0 radical (unpaired) electrons. The molecule has 1 heteroatoms. The van der Waals surface area contributed by atoms with Crippen LogP contribution in [0.5, 0.6) is 0 Å². The highest BCUT2D eigenvalue weighted by Crippen LogP contribution is 2.19. The zero-order valence-electron chi connectivity index (χ0n) is 6.15. The second-order valence-electron chi connectivity index (χ2n) is 2.25. The van der Waals surface area contributed by atoms with E-state index in [2.05, 4.69) is 11.4 Å². The average Bonchev–Trinajstić information content (AvgIpc) is 2.36. The Labute approximate surface area is 56.1 Å². The summed E-state index contributed by atoms with van der Waals surface area (Å²) in [6.45, 7) is 0.991. The third kappa shape index (κ3) is 0.689. The maximum absolute atomic E-state index is 7.49. The van der Waals surface area contributed by atoms with Gasteiger partial charge in [0.25, 0.3) is 0 Å². The van der Waals surface area contributed by atoms with Gasteiger partial charge in [0.15, 0.2) is 0 Å². The Balaban J connectivity index is 2.59. The molecule has 1 aliphatic heterocycles. The molecule has 9 heavy (non-hydrogen) atoms.